The van der Waals surface area contributed by atoms with Gasteiger partial charge in [-0.05, 0) is 69.3 Å². The van der Waals surface area contributed by atoms with Crippen molar-refractivity contribution in [3.05, 3.63) is 48.5 Å². The van der Waals surface area contributed by atoms with Gasteiger partial charge in [0.25, 0.3) is 0 Å². The molecule has 7 heteroatoms. The molecule has 0 saturated carbocycles. The van der Waals surface area contributed by atoms with Gasteiger partial charge >= 0.3 is 0 Å². The van der Waals surface area contributed by atoms with Crippen LogP contribution < -0.4 is 15.5 Å². The van der Waals surface area contributed by atoms with Crippen LogP contribution >= 0.6 is 0 Å². The Hall–Kier alpha value is -3.06. The molecule has 0 bridgehead atoms. The maximum atomic E-state index is 12.7. The zero-order valence-corrected chi connectivity index (χ0v) is 17.8. The van der Waals surface area contributed by atoms with E-state index in [-0.39, 0.29) is 29.5 Å². The van der Waals surface area contributed by atoms with E-state index in [1.165, 1.54) is 0 Å². The van der Waals surface area contributed by atoms with E-state index in [4.69, 9.17) is 0 Å². The van der Waals surface area contributed by atoms with Crippen LogP contribution in [0.3, 0.4) is 0 Å². The molecule has 1 heterocycles. The van der Waals surface area contributed by atoms with Gasteiger partial charge in [0.1, 0.15) is 5.75 Å². The Bertz CT molecular complexity index is 874. The van der Waals surface area contributed by atoms with Gasteiger partial charge in [-0.1, -0.05) is 12.1 Å². The molecule has 30 heavy (non-hydrogen) atoms. The maximum Gasteiger partial charge on any atom is 0.241 e. The number of anilines is 3. The molecule has 0 radical (unpaired) electrons. The molecule has 7 nitrogen and oxygen atoms in total. The van der Waals surface area contributed by atoms with Crippen LogP contribution in [-0.4, -0.2) is 55.0 Å². The summed E-state index contributed by atoms with van der Waals surface area (Å²) in [5.74, 6) is -0.208. The van der Waals surface area contributed by atoms with Crippen LogP contribution in [0.15, 0.2) is 48.5 Å². The number of aromatic hydroxyl groups is 1. The predicted molar refractivity (Wildman–Crippen MR) is 120 cm³/mol. The molecule has 1 atom stereocenters. The minimum absolute atomic E-state index is 0.0512. The Morgan fingerprint density at radius 3 is 2.27 bits per heavy atom. The number of carbonyl (C=O) groups is 2. The van der Waals surface area contributed by atoms with Gasteiger partial charge in [0.15, 0.2) is 0 Å². The zero-order valence-electron chi connectivity index (χ0n) is 17.8. The first-order valence-corrected chi connectivity index (χ1v) is 10.3. The number of rotatable bonds is 6. The minimum Gasteiger partial charge on any atom is -0.506 e. The molecule has 3 N–H and O–H groups in total. The van der Waals surface area contributed by atoms with Crippen LogP contribution in [0, 0.1) is 5.92 Å². The van der Waals surface area contributed by atoms with Crippen molar-refractivity contribution in [3.63, 3.8) is 0 Å². The Kier molecular flexibility index (Phi) is 6.95. The number of carbonyl (C=O) groups excluding carboxylic acids is 2. The molecular weight excluding hydrogens is 380 g/mol. The second-order valence-electron chi connectivity index (χ2n) is 7.92. The summed E-state index contributed by atoms with van der Waals surface area (Å²) in [6.07, 6.45) is 1.35. The minimum atomic E-state index is -0.277. The van der Waals surface area contributed by atoms with Gasteiger partial charge in [-0.2, -0.15) is 0 Å². The van der Waals surface area contributed by atoms with Crippen LogP contribution in [0.1, 0.15) is 19.8 Å². The van der Waals surface area contributed by atoms with Gasteiger partial charge in [-0.3, -0.25) is 14.5 Å². The van der Waals surface area contributed by atoms with E-state index in [0.717, 1.165) is 11.4 Å². The van der Waals surface area contributed by atoms with Crippen molar-refractivity contribution in [2.45, 2.75) is 25.8 Å². The van der Waals surface area contributed by atoms with Crippen molar-refractivity contribution >= 4 is 28.9 Å². The van der Waals surface area contributed by atoms with Crippen LogP contribution in [0.5, 0.6) is 5.75 Å². The number of phenols is 1. The van der Waals surface area contributed by atoms with Crippen molar-refractivity contribution in [1.29, 1.82) is 0 Å². The highest BCUT2D eigenvalue weighted by Gasteiger charge is 2.30. The number of phenolic OH excluding ortho intramolecular Hbond substituents is 1. The second kappa shape index (κ2) is 9.63. The number of hydrogen-bond acceptors (Lipinski definition) is 5. The molecule has 0 aromatic heterocycles. The number of nitrogens with one attached hydrogen (secondary N) is 2. The van der Waals surface area contributed by atoms with E-state index in [9.17, 15) is 14.7 Å². The third kappa shape index (κ3) is 5.30. The quantitative estimate of drug-likeness (QED) is 0.637. The molecule has 3 rings (SSSR count). The van der Waals surface area contributed by atoms with E-state index in [0.29, 0.717) is 31.6 Å². The van der Waals surface area contributed by atoms with Gasteiger partial charge in [0.2, 0.25) is 11.8 Å². The van der Waals surface area contributed by atoms with Gasteiger partial charge < -0.3 is 20.6 Å². The monoisotopic (exact) mass is 410 g/mol. The number of para-hydroxylation sites is 2. The number of piperidine rings is 1. The topological polar surface area (TPSA) is 84.9 Å². The summed E-state index contributed by atoms with van der Waals surface area (Å²) in [4.78, 5) is 29.3. The molecule has 0 unspecified atom stereocenters. The fourth-order valence-corrected chi connectivity index (χ4v) is 3.62. The van der Waals surface area contributed by atoms with Crippen molar-refractivity contribution < 1.29 is 14.7 Å². The fraction of sp³-hybridized carbons (Fsp3) is 0.391. The number of amides is 2. The number of hydrogen-bond donors (Lipinski definition) is 3. The fourth-order valence-electron chi connectivity index (χ4n) is 3.62. The number of likely N-dealkylation sites (tertiary alicyclic amines) is 1. The summed E-state index contributed by atoms with van der Waals surface area (Å²) in [5, 5.41) is 15.6. The highest BCUT2D eigenvalue weighted by atomic mass is 16.3. The predicted octanol–water partition coefficient (Wildman–Crippen LogP) is 3.14. The molecule has 2 aromatic rings. The Morgan fingerprint density at radius 2 is 1.67 bits per heavy atom. The maximum absolute atomic E-state index is 12.7. The van der Waals surface area contributed by atoms with Crippen molar-refractivity contribution in [2.75, 3.05) is 42.7 Å². The molecule has 2 aromatic carbocycles. The SMILES string of the molecule is C[C@H](C(=O)Nc1ccc(N(C)C)cc1)N1CCC(C(=O)Nc2ccccc2O)CC1. The van der Waals surface area contributed by atoms with E-state index in [1.807, 2.05) is 50.2 Å². The van der Waals surface area contributed by atoms with Crippen molar-refractivity contribution in [1.82, 2.24) is 4.90 Å². The Labute approximate surface area is 177 Å². The Balaban J connectivity index is 1.49. The molecule has 1 aliphatic rings. The first-order valence-electron chi connectivity index (χ1n) is 10.3. The molecule has 1 aliphatic heterocycles. The average Bonchev–Trinajstić information content (AvgIpc) is 2.75. The van der Waals surface area contributed by atoms with Crippen molar-refractivity contribution in [3.8, 4) is 5.75 Å². The van der Waals surface area contributed by atoms with Crippen LogP contribution in [0.2, 0.25) is 0 Å². The van der Waals surface area contributed by atoms with Crippen LogP contribution in [-0.2, 0) is 9.59 Å². The molecule has 1 fully saturated rings. The third-order valence-corrected chi connectivity index (χ3v) is 5.64. The number of benzene rings is 2. The first-order chi connectivity index (χ1) is 14.3. The normalized spacial score (nSPS) is 16.0. The van der Waals surface area contributed by atoms with Crippen LogP contribution in [0.25, 0.3) is 0 Å². The summed E-state index contributed by atoms with van der Waals surface area (Å²) in [7, 11) is 3.95. The van der Waals surface area contributed by atoms with E-state index in [1.54, 1.807) is 24.3 Å². The lowest BCUT2D eigenvalue weighted by Crippen LogP contribution is -2.47. The summed E-state index contributed by atoms with van der Waals surface area (Å²) >= 11 is 0. The lowest BCUT2D eigenvalue weighted by atomic mass is 9.94. The first kappa shape index (κ1) is 21.6. The lowest BCUT2D eigenvalue weighted by molar-refractivity contribution is -0.123. The molecule has 0 aliphatic carbocycles. The van der Waals surface area contributed by atoms with E-state index in [2.05, 4.69) is 15.5 Å². The summed E-state index contributed by atoms with van der Waals surface area (Å²) in [6.45, 7) is 3.24. The van der Waals surface area contributed by atoms with Gasteiger partial charge in [-0.15, -0.1) is 0 Å². The highest BCUT2D eigenvalue weighted by Crippen LogP contribution is 2.25. The Morgan fingerprint density at radius 1 is 1.03 bits per heavy atom. The summed E-state index contributed by atoms with van der Waals surface area (Å²) in [6, 6.07) is 14.2. The molecule has 0 spiro atoms. The van der Waals surface area contributed by atoms with Crippen LogP contribution in [0.4, 0.5) is 17.1 Å². The summed E-state index contributed by atoms with van der Waals surface area (Å²) in [5.41, 5.74) is 2.28. The third-order valence-electron chi connectivity index (χ3n) is 5.64. The van der Waals surface area contributed by atoms with Gasteiger partial charge in [-0.25, -0.2) is 0 Å². The molecule has 1 saturated heterocycles. The largest absolute Gasteiger partial charge is 0.506 e. The van der Waals surface area contributed by atoms with Gasteiger partial charge in [0, 0.05) is 31.4 Å². The second-order valence-corrected chi connectivity index (χ2v) is 7.92. The number of nitrogens with zero attached hydrogens (tertiary/aromatic N) is 2. The average molecular weight is 411 g/mol. The molecule has 160 valence electrons. The molecular formula is C23H30N4O3. The highest BCUT2D eigenvalue weighted by molar-refractivity contribution is 5.95. The van der Waals surface area contributed by atoms with Gasteiger partial charge in [0.05, 0.1) is 11.7 Å². The summed E-state index contributed by atoms with van der Waals surface area (Å²) < 4.78 is 0. The lowest BCUT2D eigenvalue weighted by Gasteiger charge is -2.34. The standard InChI is InChI=1S/C23H30N4O3/c1-16(22(29)24-18-8-10-19(11-9-18)26(2)3)27-14-12-17(13-15-27)23(30)25-20-6-4-5-7-21(20)28/h4-11,16-17,28H,12-15H2,1-3H3,(H,24,29)(H,25,30)/t16-/m1/s1. The zero-order chi connectivity index (χ0) is 21.7. The molecule has 2 amide bonds. The van der Waals surface area contributed by atoms with Crippen molar-refractivity contribution in [2.24, 2.45) is 5.92 Å². The van der Waals surface area contributed by atoms with E-state index < -0.39 is 0 Å². The van der Waals surface area contributed by atoms with E-state index >= 15 is 0 Å². The smallest absolute Gasteiger partial charge is 0.241 e.